The lowest BCUT2D eigenvalue weighted by molar-refractivity contribution is 0.142. The van der Waals surface area contributed by atoms with Crippen molar-refractivity contribution in [2.24, 2.45) is 0 Å². The molecule has 0 heterocycles. The number of allylic oxidation sites excluding steroid dienone is 2. The van der Waals surface area contributed by atoms with Crippen LogP contribution in [0.15, 0.2) is 54.1 Å². The summed E-state index contributed by atoms with van der Waals surface area (Å²) >= 11 is 0. The summed E-state index contributed by atoms with van der Waals surface area (Å²) in [6, 6.07) is 10.3. The van der Waals surface area contributed by atoms with Crippen LogP contribution < -0.4 is 0 Å². The quantitative estimate of drug-likeness (QED) is 0.354. The largest absolute Gasteiger partial charge is 0.372 e. The van der Waals surface area contributed by atoms with Crippen LogP contribution in [0.4, 0.5) is 0 Å². The predicted octanol–water partition coefficient (Wildman–Crippen LogP) is 6.07. The van der Waals surface area contributed by atoms with Crippen LogP contribution in [0.2, 0.25) is 0 Å². The van der Waals surface area contributed by atoms with E-state index in [4.69, 9.17) is 4.74 Å². The van der Waals surface area contributed by atoms with Crippen molar-refractivity contribution in [1.29, 1.82) is 0 Å². The third-order valence-electron chi connectivity index (χ3n) is 3.49. The van der Waals surface area contributed by atoms with E-state index in [9.17, 15) is 0 Å². The van der Waals surface area contributed by atoms with Crippen LogP contribution in [-0.4, -0.2) is 6.61 Å². The van der Waals surface area contributed by atoms with Crippen molar-refractivity contribution >= 4 is 0 Å². The zero-order chi connectivity index (χ0) is 15.3. The molecule has 0 spiro atoms. The third kappa shape index (κ3) is 9.25. The Bertz CT molecular complexity index is 417. The van der Waals surface area contributed by atoms with Gasteiger partial charge < -0.3 is 4.74 Å². The average molecular weight is 286 g/mol. The molecule has 1 heteroatoms. The van der Waals surface area contributed by atoms with Crippen LogP contribution in [0.25, 0.3) is 0 Å². The molecule has 0 bridgehead atoms. The van der Waals surface area contributed by atoms with Gasteiger partial charge in [-0.25, -0.2) is 0 Å². The molecule has 0 amide bonds. The lowest BCUT2D eigenvalue weighted by Gasteiger charge is -2.06. The van der Waals surface area contributed by atoms with E-state index in [0.29, 0.717) is 13.2 Å². The molecule has 1 aromatic carbocycles. The Morgan fingerprint density at radius 3 is 2.52 bits per heavy atom. The van der Waals surface area contributed by atoms with Crippen LogP contribution in [0.5, 0.6) is 0 Å². The molecule has 0 aromatic heterocycles. The Morgan fingerprint density at radius 2 is 1.81 bits per heavy atom. The van der Waals surface area contributed by atoms with Gasteiger partial charge in [-0.2, -0.15) is 0 Å². The molecule has 21 heavy (non-hydrogen) atoms. The van der Waals surface area contributed by atoms with E-state index in [-0.39, 0.29) is 0 Å². The van der Waals surface area contributed by atoms with E-state index in [1.54, 1.807) is 0 Å². The number of benzene rings is 1. The minimum atomic E-state index is 0.676. The molecule has 1 rings (SSSR count). The first kappa shape index (κ1) is 17.7. The summed E-state index contributed by atoms with van der Waals surface area (Å²) in [5.41, 5.74) is 3.71. The fourth-order valence-electron chi connectivity index (χ4n) is 2.32. The molecule has 0 unspecified atom stereocenters. The lowest BCUT2D eigenvalue weighted by atomic mass is 10.1. The fourth-order valence-corrected chi connectivity index (χ4v) is 2.32. The highest BCUT2D eigenvalue weighted by Gasteiger charge is 1.96. The van der Waals surface area contributed by atoms with Gasteiger partial charge in [0.2, 0.25) is 0 Å². The molecular weight excluding hydrogens is 256 g/mol. The zero-order valence-corrected chi connectivity index (χ0v) is 13.7. The van der Waals surface area contributed by atoms with Gasteiger partial charge in [0, 0.05) is 0 Å². The number of hydrogen-bond donors (Lipinski definition) is 0. The summed E-state index contributed by atoms with van der Waals surface area (Å²) in [7, 11) is 0. The minimum Gasteiger partial charge on any atom is -0.372 e. The molecular formula is C20H30O. The summed E-state index contributed by atoms with van der Waals surface area (Å²) in [5, 5.41) is 0. The van der Waals surface area contributed by atoms with E-state index in [2.05, 4.69) is 38.6 Å². The number of ether oxygens (including phenoxy) is 1. The predicted molar refractivity (Wildman–Crippen MR) is 92.4 cm³/mol. The lowest BCUT2D eigenvalue weighted by Crippen LogP contribution is -1.97. The second kappa shape index (κ2) is 11.3. The number of rotatable bonds is 11. The van der Waals surface area contributed by atoms with E-state index in [1.807, 2.05) is 18.2 Å². The van der Waals surface area contributed by atoms with E-state index in [0.717, 1.165) is 6.42 Å². The van der Waals surface area contributed by atoms with Crippen LogP contribution in [0.1, 0.15) is 57.9 Å². The van der Waals surface area contributed by atoms with Crippen molar-refractivity contribution in [1.82, 2.24) is 0 Å². The van der Waals surface area contributed by atoms with Crippen LogP contribution in [0.3, 0.4) is 0 Å². The average Bonchev–Trinajstić information content (AvgIpc) is 2.48. The first-order chi connectivity index (χ1) is 10.2. The van der Waals surface area contributed by atoms with E-state index >= 15 is 0 Å². The normalized spacial score (nSPS) is 11.6. The summed E-state index contributed by atoms with van der Waals surface area (Å²) in [6.07, 6.45) is 9.89. The Balaban J connectivity index is 2.15. The van der Waals surface area contributed by atoms with Crippen molar-refractivity contribution in [3.8, 4) is 0 Å². The van der Waals surface area contributed by atoms with Crippen molar-refractivity contribution in [3.63, 3.8) is 0 Å². The Kier molecular flexibility index (Phi) is 9.56. The number of unbranched alkanes of at least 4 members (excludes halogenated alkanes) is 4. The van der Waals surface area contributed by atoms with Crippen molar-refractivity contribution < 1.29 is 4.74 Å². The Hall–Kier alpha value is -1.34. The summed E-state index contributed by atoms with van der Waals surface area (Å²) in [4.78, 5) is 0. The highest BCUT2D eigenvalue weighted by atomic mass is 16.5. The van der Waals surface area contributed by atoms with Gasteiger partial charge in [0.25, 0.3) is 0 Å². The van der Waals surface area contributed by atoms with E-state index in [1.165, 1.54) is 48.8 Å². The van der Waals surface area contributed by atoms with Gasteiger partial charge in [0.15, 0.2) is 0 Å². The molecule has 116 valence electrons. The van der Waals surface area contributed by atoms with Gasteiger partial charge in [0.05, 0.1) is 13.2 Å². The van der Waals surface area contributed by atoms with Crippen molar-refractivity contribution in [3.05, 3.63) is 59.7 Å². The Labute approximate surface area is 130 Å². The third-order valence-corrected chi connectivity index (χ3v) is 3.49. The van der Waals surface area contributed by atoms with Gasteiger partial charge >= 0.3 is 0 Å². The molecule has 0 N–H and O–H groups in total. The zero-order valence-electron chi connectivity index (χ0n) is 13.7. The van der Waals surface area contributed by atoms with Crippen LogP contribution in [0, 0.1) is 0 Å². The second-order valence-corrected chi connectivity index (χ2v) is 5.79. The maximum Gasteiger partial charge on any atom is 0.0721 e. The van der Waals surface area contributed by atoms with Crippen molar-refractivity contribution in [2.45, 2.75) is 59.0 Å². The summed E-state index contributed by atoms with van der Waals surface area (Å²) in [5.74, 6) is 0. The highest BCUT2D eigenvalue weighted by Crippen LogP contribution is 2.12. The second-order valence-electron chi connectivity index (χ2n) is 5.79. The van der Waals surface area contributed by atoms with Gasteiger partial charge in [-0.1, -0.05) is 81.2 Å². The molecule has 0 radical (unpaired) electrons. The minimum absolute atomic E-state index is 0.676. The molecule has 0 aliphatic rings. The van der Waals surface area contributed by atoms with Gasteiger partial charge in [-0.05, 0) is 30.9 Å². The standard InChI is InChI=1S/C20H30O/c1-4-5-6-7-9-12-18(2)15-19(3)16-21-17-20-13-10-8-11-14-20/h8,10-11,13-15H,2,4-7,9,12,16-17H2,1,3H3/b19-15+. The highest BCUT2D eigenvalue weighted by molar-refractivity contribution is 5.20. The topological polar surface area (TPSA) is 9.23 Å². The monoisotopic (exact) mass is 286 g/mol. The maximum absolute atomic E-state index is 5.73. The molecule has 0 aliphatic carbocycles. The molecule has 0 saturated heterocycles. The molecule has 1 aromatic rings. The molecule has 1 nitrogen and oxygen atoms in total. The molecule has 0 atom stereocenters. The smallest absolute Gasteiger partial charge is 0.0721 e. The molecule has 0 saturated carbocycles. The van der Waals surface area contributed by atoms with E-state index < -0.39 is 0 Å². The first-order valence-corrected chi connectivity index (χ1v) is 8.19. The number of hydrogen-bond acceptors (Lipinski definition) is 1. The van der Waals surface area contributed by atoms with Crippen molar-refractivity contribution in [2.75, 3.05) is 6.61 Å². The van der Waals surface area contributed by atoms with Gasteiger partial charge in [-0.3, -0.25) is 0 Å². The fraction of sp³-hybridized carbons (Fsp3) is 0.500. The summed E-state index contributed by atoms with van der Waals surface area (Å²) in [6.45, 7) is 9.88. The van der Waals surface area contributed by atoms with Crippen LogP contribution in [-0.2, 0) is 11.3 Å². The maximum atomic E-state index is 5.73. The SMILES string of the molecule is C=C(/C=C(\C)COCc1ccccc1)CCCCCCC. The summed E-state index contributed by atoms with van der Waals surface area (Å²) < 4.78 is 5.73. The first-order valence-electron chi connectivity index (χ1n) is 8.19. The van der Waals surface area contributed by atoms with Gasteiger partial charge in [0.1, 0.15) is 0 Å². The van der Waals surface area contributed by atoms with Gasteiger partial charge in [-0.15, -0.1) is 0 Å². The molecule has 0 fully saturated rings. The Morgan fingerprint density at radius 1 is 1.10 bits per heavy atom. The van der Waals surface area contributed by atoms with Crippen LogP contribution >= 0.6 is 0 Å². The molecule has 0 aliphatic heterocycles.